The molecule has 0 saturated carbocycles. The molecular formula is C27H30ClF3N2O4S. The molecule has 38 heavy (non-hydrogen) atoms. The van der Waals surface area contributed by atoms with Crippen molar-refractivity contribution in [2.24, 2.45) is 0 Å². The molecule has 11 heteroatoms. The minimum atomic E-state index is -4.80. The summed E-state index contributed by atoms with van der Waals surface area (Å²) in [6.45, 7) is 9.58. The molecule has 1 aliphatic rings. The number of carbonyl (C=O) groups excluding carboxylic acids is 2. The largest absolute Gasteiger partial charge is 0.443 e. The lowest BCUT2D eigenvalue weighted by atomic mass is 9.90. The van der Waals surface area contributed by atoms with E-state index in [0.29, 0.717) is 10.6 Å². The first kappa shape index (κ1) is 29.9. The summed E-state index contributed by atoms with van der Waals surface area (Å²) in [7, 11) is -2.05. The molecule has 3 rings (SSSR count). The van der Waals surface area contributed by atoms with Crippen LogP contribution in [0.4, 0.5) is 23.7 Å². The highest BCUT2D eigenvalue weighted by Gasteiger charge is 2.45. The zero-order valence-electron chi connectivity index (χ0n) is 21.9. The van der Waals surface area contributed by atoms with E-state index in [1.54, 1.807) is 59.7 Å². The van der Waals surface area contributed by atoms with Crippen LogP contribution in [0.15, 0.2) is 48.5 Å². The molecule has 0 spiro atoms. The summed E-state index contributed by atoms with van der Waals surface area (Å²) in [5.74, 6) is -0.816. The number of alkyl halides is 3. The van der Waals surface area contributed by atoms with Crippen molar-refractivity contribution in [2.45, 2.75) is 70.5 Å². The number of amides is 2. The van der Waals surface area contributed by atoms with Gasteiger partial charge in [-0.25, -0.2) is 18.6 Å². The van der Waals surface area contributed by atoms with Crippen LogP contribution in [0.25, 0.3) is 11.1 Å². The normalized spacial score (nSPS) is 17.2. The van der Waals surface area contributed by atoms with Gasteiger partial charge in [-0.2, -0.15) is 13.2 Å². The Morgan fingerprint density at radius 1 is 1.03 bits per heavy atom. The number of benzene rings is 2. The number of halogens is 4. The van der Waals surface area contributed by atoms with Gasteiger partial charge < -0.3 is 4.74 Å². The average molecular weight is 571 g/mol. The molecule has 0 aromatic heterocycles. The quantitative estimate of drug-likeness (QED) is 0.397. The van der Waals surface area contributed by atoms with E-state index >= 15 is 0 Å². The maximum atomic E-state index is 14.3. The fourth-order valence-electron chi connectivity index (χ4n) is 3.75. The van der Waals surface area contributed by atoms with Crippen LogP contribution in [0.3, 0.4) is 0 Å². The van der Waals surface area contributed by atoms with Gasteiger partial charge in [-0.05, 0) is 77.3 Å². The highest BCUT2D eigenvalue weighted by atomic mass is 35.5. The smallest absolute Gasteiger partial charge is 0.422 e. The van der Waals surface area contributed by atoms with Crippen LogP contribution >= 0.6 is 11.6 Å². The molecule has 6 nitrogen and oxygen atoms in total. The molecule has 1 N–H and O–H groups in total. The highest BCUT2D eigenvalue weighted by Crippen LogP contribution is 2.44. The summed E-state index contributed by atoms with van der Waals surface area (Å²) in [5, 5.41) is 0.353. The summed E-state index contributed by atoms with van der Waals surface area (Å²) in [6, 6.07) is 10.1. The second-order valence-corrected chi connectivity index (χ2v) is 13.2. The molecule has 0 fully saturated rings. The Kier molecular flexibility index (Phi) is 8.50. The van der Waals surface area contributed by atoms with Crippen molar-refractivity contribution in [1.29, 1.82) is 0 Å². The lowest BCUT2D eigenvalue weighted by Gasteiger charge is -2.27. The van der Waals surface area contributed by atoms with Gasteiger partial charge >= 0.3 is 12.3 Å². The Balaban J connectivity index is 2.23. The van der Waals surface area contributed by atoms with Gasteiger partial charge in [0, 0.05) is 10.6 Å². The van der Waals surface area contributed by atoms with E-state index in [1.165, 1.54) is 30.3 Å². The summed E-state index contributed by atoms with van der Waals surface area (Å²) >= 11 is 6.02. The molecule has 0 bridgehead atoms. The van der Waals surface area contributed by atoms with Crippen molar-refractivity contribution < 1.29 is 31.7 Å². The summed E-state index contributed by atoms with van der Waals surface area (Å²) in [4.78, 5) is 27.6. The third-order valence-corrected chi connectivity index (χ3v) is 7.37. The van der Waals surface area contributed by atoms with Crippen molar-refractivity contribution in [3.05, 3.63) is 64.7 Å². The molecule has 2 aromatic carbocycles. The lowest BCUT2D eigenvalue weighted by Crippen LogP contribution is -2.47. The Morgan fingerprint density at radius 3 is 2.13 bits per heavy atom. The molecule has 2 amide bonds. The standard InChI is InChI=1S/C27H30ClF3N2O4S/c1-25(2,3)37-24(35)33-20-10-8-7-9-18(20)22(23(33)34)19(16-11-13-17(28)14-12-16)15-21(27(29,30)31)32-38(36)26(4,5)6/h7-14,21,32H,15H2,1-6H3/b22-19+/t21-,38?/m0/s1. The van der Waals surface area contributed by atoms with Crippen LogP contribution in [0.1, 0.15) is 59.1 Å². The van der Waals surface area contributed by atoms with Crippen molar-refractivity contribution >= 4 is 51.4 Å². The number of nitrogens with zero attached hydrogens (tertiary/aromatic N) is 1. The van der Waals surface area contributed by atoms with E-state index in [4.69, 9.17) is 16.3 Å². The van der Waals surface area contributed by atoms with E-state index in [0.717, 1.165) is 4.90 Å². The number of fused-ring (bicyclic) bond motifs is 1. The molecule has 1 aliphatic heterocycles. The number of ether oxygens (including phenoxy) is 1. The maximum absolute atomic E-state index is 14.3. The fraction of sp³-hybridized carbons (Fsp3) is 0.407. The van der Waals surface area contributed by atoms with Crippen molar-refractivity contribution in [1.82, 2.24) is 4.72 Å². The van der Waals surface area contributed by atoms with Crippen LogP contribution in [0.2, 0.25) is 5.02 Å². The van der Waals surface area contributed by atoms with Gasteiger partial charge in [0.05, 0.1) is 27.0 Å². The predicted molar refractivity (Wildman–Crippen MR) is 144 cm³/mol. The van der Waals surface area contributed by atoms with Gasteiger partial charge in [0.2, 0.25) is 0 Å². The summed E-state index contributed by atoms with van der Waals surface area (Å²) in [5.41, 5.74) is -0.192. The van der Waals surface area contributed by atoms with E-state index in [-0.39, 0.29) is 22.4 Å². The van der Waals surface area contributed by atoms with Gasteiger partial charge in [-0.1, -0.05) is 41.9 Å². The van der Waals surface area contributed by atoms with Crippen molar-refractivity contribution in [3.8, 4) is 0 Å². The number of hydrogen-bond acceptors (Lipinski definition) is 4. The lowest BCUT2D eigenvalue weighted by molar-refractivity contribution is -0.149. The number of imide groups is 1. The first-order valence-corrected chi connectivity index (χ1v) is 13.3. The minimum Gasteiger partial charge on any atom is -0.443 e. The number of nitrogens with one attached hydrogen (secondary N) is 1. The first-order chi connectivity index (χ1) is 17.4. The SMILES string of the molecule is CC(C)(C)OC(=O)N1C(=O)/C(=C(\C[C@H](NS(=O)C(C)(C)C)C(F)(F)F)c2ccc(Cl)cc2)c2ccccc21. The highest BCUT2D eigenvalue weighted by molar-refractivity contribution is 7.84. The molecule has 1 unspecified atom stereocenters. The molecule has 2 atom stereocenters. The van der Waals surface area contributed by atoms with Crippen LogP contribution < -0.4 is 9.62 Å². The molecule has 0 radical (unpaired) electrons. The van der Waals surface area contributed by atoms with Crippen LogP contribution in [-0.2, 0) is 20.5 Å². The molecule has 0 saturated heterocycles. The Morgan fingerprint density at radius 2 is 1.61 bits per heavy atom. The van der Waals surface area contributed by atoms with Crippen LogP contribution in [-0.4, -0.2) is 38.8 Å². The zero-order valence-corrected chi connectivity index (χ0v) is 23.5. The number of hydrogen-bond donors (Lipinski definition) is 1. The summed E-state index contributed by atoms with van der Waals surface area (Å²) in [6.07, 6.45) is -6.48. The van der Waals surface area contributed by atoms with Gasteiger partial charge in [-0.3, -0.25) is 4.79 Å². The van der Waals surface area contributed by atoms with Crippen LogP contribution in [0.5, 0.6) is 0 Å². The number of anilines is 1. The van der Waals surface area contributed by atoms with Gasteiger partial charge in [-0.15, -0.1) is 0 Å². The second-order valence-electron chi connectivity index (χ2n) is 10.8. The van der Waals surface area contributed by atoms with E-state index in [9.17, 15) is 27.0 Å². The maximum Gasteiger partial charge on any atom is 0.422 e. The number of carbonyl (C=O) groups is 2. The molecule has 0 aliphatic carbocycles. The van der Waals surface area contributed by atoms with Crippen LogP contribution in [0, 0.1) is 0 Å². The fourth-order valence-corrected chi connectivity index (χ4v) is 4.70. The van der Waals surface area contributed by atoms with Gasteiger partial charge in [0.15, 0.2) is 0 Å². The second kappa shape index (κ2) is 10.8. The first-order valence-electron chi connectivity index (χ1n) is 11.8. The monoisotopic (exact) mass is 570 g/mol. The molecule has 1 heterocycles. The Bertz CT molecular complexity index is 1280. The van der Waals surface area contributed by atoms with E-state index in [2.05, 4.69) is 4.72 Å². The Hall–Kier alpha value is -2.69. The van der Waals surface area contributed by atoms with Gasteiger partial charge in [0.1, 0.15) is 11.6 Å². The topological polar surface area (TPSA) is 75.7 Å². The third kappa shape index (κ3) is 6.84. The zero-order chi connectivity index (χ0) is 28.6. The molecule has 2 aromatic rings. The predicted octanol–water partition coefficient (Wildman–Crippen LogP) is 6.91. The number of para-hydroxylation sites is 1. The summed E-state index contributed by atoms with van der Waals surface area (Å²) < 4.78 is 62.1. The van der Waals surface area contributed by atoms with Crippen molar-refractivity contribution in [2.75, 3.05) is 4.90 Å². The van der Waals surface area contributed by atoms with Crippen molar-refractivity contribution in [3.63, 3.8) is 0 Å². The van der Waals surface area contributed by atoms with E-state index < -0.39 is 52.0 Å². The minimum absolute atomic E-state index is 0.0194. The Labute approximate surface area is 227 Å². The number of rotatable bonds is 5. The van der Waals surface area contributed by atoms with Gasteiger partial charge in [0.25, 0.3) is 5.91 Å². The molecule has 206 valence electrons. The third-order valence-electron chi connectivity index (χ3n) is 5.51. The average Bonchev–Trinajstić information content (AvgIpc) is 3.06. The molecular weight excluding hydrogens is 541 g/mol. The van der Waals surface area contributed by atoms with E-state index in [1.807, 2.05) is 0 Å².